The standard InChI is InChI=1S/C21H28N4O4/c1-4-28-16-7-5-15(6-8-16)20-23-18(29-24-20)9-10-19(26)25-12-11-22-21(27)17(25)13-14(2)3/h5-8,14,17H,4,9-13H2,1-3H3,(H,22,27). The normalized spacial score (nSPS) is 16.8. The molecule has 0 spiro atoms. The van der Waals surface area contributed by atoms with Crippen molar-refractivity contribution < 1.29 is 18.8 Å². The van der Waals surface area contributed by atoms with Gasteiger partial charge in [0.2, 0.25) is 23.5 Å². The highest BCUT2D eigenvalue weighted by atomic mass is 16.5. The SMILES string of the molecule is CCOc1ccc(-c2noc(CCC(=O)N3CCNC(=O)C3CC(C)C)n2)cc1. The number of ether oxygens (including phenoxy) is 1. The number of carbonyl (C=O) groups is 2. The number of aromatic nitrogens is 2. The molecule has 1 aliphatic rings. The number of piperazine rings is 1. The summed E-state index contributed by atoms with van der Waals surface area (Å²) in [5, 5.41) is 6.85. The zero-order valence-corrected chi connectivity index (χ0v) is 17.2. The third-order valence-corrected chi connectivity index (χ3v) is 4.79. The topological polar surface area (TPSA) is 97.6 Å². The zero-order chi connectivity index (χ0) is 20.8. The lowest BCUT2D eigenvalue weighted by atomic mass is 9.99. The molecule has 2 heterocycles. The molecule has 1 aliphatic heterocycles. The Morgan fingerprint density at radius 3 is 2.79 bits per heavy atom. The van der Waals surface area contributed by atoms with Crippen LogP contribution < -0.4 is 10.1 Å². The van der Waals surface area contributed by atoms with Crippen LogP contribution in [0, 0.1) is 5.92 Å². The molecule has 0 aliphatic carbocycles. The van der Waals surface area contributed by atoms with Crippen LogP contribution in [0.25, 0.3) is 11.4 Å². The van der Waals surface area contributed by atoms with E-state index in [1.54, 1.807) is 4.90 Å². The van der Waals surface area contributed by atoms with Crippen LogP contribution in [0.15, 0.2) is 28.8 Å². The van der Waals surface area contributed by atoms with Crippen molar-refractivity contribution in [2.24, 2.45) is 5.92 Å². The van der Waals surface area contributed by atoms with Crippen molar-refractivity contribution in [3.05, 3.63) is 30.2 Å². The maximum atomic E-state index is 12.7. The van der Waals surface area contributed by atoms with Gasteiger partial charge in [-0.25, -0.2) is 0 Å². The summed E-state index contributed by atoms with van der Waals surface area (Å²) in [5.41, 5.74) is 0.819. The summed E-state index contributed by atoms with van der Waals surface area (Å²) in [6.45, 7) is 7.65. The third-order valence-electron chi connectivity index (χ3n) is 4.79. The second kappa shape index (κ2) is 9.54. The van der Waals surface area contributed by atoms with Crippen molar-refractivity contribution in [2.75, 3.05) is 19.7 Å². The first-order valence-electron chi connectivity index (χ1n) is 10.1. The lowest BCUT2D eigenvalue weighted by Crippen LogP contribution is -2.57. The number of nitrogens with one attached hydrogen (secondary N) is 1. The molecule has 29 heavy (non-hydrogen) atoms. The monoisotopic (exact) mass is 400 g/mol. The van der Waals surface area contributed by atoms with Crippen molar-refractivity contribution in [1.82, 2.24) is 20.4 Å². The predicted octanol–water partition coefficient (Wildman–Crippen LogP) is 2.44. The molecule has 1 unspecified atom stereocenters. The fourth-order valence-electron chi connectivity index (χ4n) is 3.39. The minimum atomic E-state index is -0.404. The first-order chi connectivity index (χ1) is 14.0. The molecule has 2 aromatic rings. The van der Waals surface area contributed by atoms with Gasteiger partial charge in [-0.1, -0.05) is 19.0 Å². The average Bonchev–Trinajstić information content (AvgIpc) is 3.17. The molecule has 3 rings (SSSR count). The molecule has 1 N–H and O–H groups in total. The van der Waals surface area contributed by atoms with E-state index in [1.165, 1.54) is 0 Å². The number of benzene rings is 1. The Morgan fingerprint density at radius 1 is 1.34 bits per heavy atom. The van der Waals surface area contributed by atoms with Crippen molar-refractivity contribution in [2.45, 2.75) is 46.1 Å². The molecular weight excluding hydrogens is 372 g/mol. The van der Waals surface area contributed by atoms with Crippen LogP contribution in [0.4, 0.5) is 0 Å². The van der Waals surface area contributed by atoms with Crippen molar-refractivity contribution in [1.29, 1.82) is 0 Å². The van der Waals surface area contributed by atoms with E-state index >= 15 is 0 Å². The fourth-order valence-corrected chi connectivity index (χ4v) is 3.39. The Balaban J connectivity index is 1.59. The highest BCUT2D eigenvalue weighted by Crippen LogP contribution is 2.21. The van der Waals surface area contributed by atoms with Gasteiger partial charge in [-0.3, -0.25) is 9.59 Å². The number of nitrogens with zero attached hydrogens (tertiary/aromatic N) is 3. The van der Waals surface area contributed by atoms with E-state index in [4.69, 9.17) is 9.26 Å². The Bertz CT molecular complexity index is 831. The van der Waals surface area contributed by atoms with Crippen LogP contribution in [0.3, 0.4) is 0 Å². The first kappa shape index (κ1) is 20.8. The van der Waals surface area contributed by atoms with Gasteiger partial charge in [0.15, 0.2) is 0 Å². The van der Waals surface area contributed by atoms with Gasteiger partial charge in [-0.2, -0.15) is 4.98 Å². The largest absolute Gasteiger partial charge is 0.494 e. The summed E-state index contributed by atoms with van der Waals surface area (Å²) in [6, 6.07) is 7.04. The summed E-state index contributed by atoms with van der Waals surface area (Å²) in [4.78, 5) is 31.0. The lowest BCUT2D eigenvalue weighted by Gasteiger charge is -2.36. The Labute approximate surface area is 170 Å². The van der Waals surface area contributed by atoms with Crippen LogP contribution in [0.5, 0.6) is 5.75 Å². The molecule has 0 radical (unpaired) electrons. The summed E-state index contributed by atoms with van der Waals surface area (Å²) in [6.07, 6.45) is 1.22. The molecule has 1 fully saturated rings. The van der Waals surface area contributed by atoms with E-state index < -0.39 is 6.04 Å². The molecular formula is C21H28N4O4. The minimum Gasteiger partial charge on any atom is -0.494 e. The van der Waals surface area contributed by atoms with Gasteiger partial charge in [0.25, 0.3) is 0 Å². The second-order valence-corrected chi connectivity index (χ2v) is 7.49. The highest BCUT2D eigenvalue weighted by Gasteiger charge is 2.33. The van der Waals surface area contributed by atoms with E-state index in [0.717, 1.165) is 11.3 Å². The third kappa shape index (κ3) is 5.34. The van der Waals surface area contributed by atoms with Crippen molar-refractivity contribution in [3.63, 3.8) is 0 Å². The molecule has 0 bridgehead atoms. The fraction of sp³-hybridized carbons (Fsp3) is 0.524. The van der Waals surface area contributed by atoms with E-state index in [2.05, 4.69) is 15.5 Å². The number of rotatable bonds is 8. The van der Waals surface area contributed by atoms with Gasteiger partial charge in [-0.05, 0) is 43.5 Å². The predicted molar refractivity (Wildman–Crippen MR) is 107 cm³/mol. The Kier molecular flexibility index (Phi) is 6.85. The Morgan fingerprint density at radius 2 is 2.10 bits per heavy atom. The minimum absolute atomic E-state index is 0.0636. The molecule has 0 saturated carbocycles. The van der Waals surface area contributed by atoms with E-state index in [9.17, 15) is 9.59 Å². The number of carbonyl (C=O) groups excluding carboxylic acids is 2. The summed E-state index contributed by atoms with van der Waals surface area (Å²) in [7, 11) is 0. The van der Waals surface area contributed by atoms with Crippen LogP contribution in [0.2, 0.25) is 0 Å². The van der Waals surface area contributed by atoms with Gasteiger partial charge in [0.05, 0.1) is 6.61 Å². The average molecular weight is 400 g/mol. The maximum Gasteiger partial charge on any atom is 0.242 e. The second-order valence-electron chi connectivity index (χ2n) is 7.49. The smallest absolute Gasteiger partial charge is 0.242 e. The molecule has 1 saturated heterocycles. The Hall–Kier alpha value is -2.90. The first-order valence-corrected chi connectivity index (χ1v) is 10.1. The lowest BCUT2D eigenvalue weighted by molar-refractivity contribution is -0.143. The van der Waals surface area contributed by atoms with Crippen molar-refractivity contribution in [3.8, 4) is 17.1 Å². The molecule has 2 amide bonds. The van der Waals surface area contributed by atoms with E-state index in [-0.39, 0.29) is 18.2 Å². The molecule has 1 atom stereocenters. The van der Waals surface area contributed by atoms with E-state index in [1.807, 2.05) is 45.0 Å². The van der Waals surface area contributed by atoms with Gasteiger partial charge in [-0.15, -0.1) is 0 Å². The zero-order valence-electron chi connectivity index (χ0n) is 17.2. The quantitative estimate of drug-likeness (QED) is 0.731. The van der Waals surface area contributed by atoms with Crippen LogP contribution in [0.1, 0.15) is 39.5 Å². The molecule has 1 aromatic heterocycles. The van der Waals surface area contributed by atoms with Crippen molar-refractivity contribution >= 4 is 11.8 Å². The summed E-state index contributed by atoms with van der Waals surface area (Å²) >= 11 is 0. The van der Waals surface area contributed by atoms with Crippen LogP contribution in [-0.2, 0) is 16.0 Å². The van der Waals surface area contributed by atoms with Gasteiger partial charge in [0.1, 0.15) is 11.8 Å². The van der Waals surface area contributed by atoms with Gasteiger partial charge < -0.3 is 19.5 Å². The molecule has 1 aromatic carbocycles. The number of aryl methyl sites for hydroxylation is 1. The number of hydrogen-bond donors (Lipinski definition) is 1. The van der Waals surface area contributed by atoms with E-state index in [0.29, 0.717) is 50.2 Å². The highest BCUT2D eigenvalue weighted by molar-refractivity contribution is 5.88. The van der Waals surface area contributed by atoms with Gasteiger partial charge in [0, 0.05) is 31.5 Å². The van der Waals surface area contributed by atoms with Gasteiger partial charge >= 0.3 is 0 Å². The molecule has 8 nitrogen and oxygen atoms in total. The summed E-state index contributed by atoms with van der Waals surface area (Å²) < 4.78 is 10.7. The maximum absolute atomic E-state index is 12.7. The van der Waals surface area contributed by atoms with Crippen LogP contribution >= 0.6 is 0 Å². The van der Waals surface area contributed by atoms with Crippen LogP contribution in [-0.4, -0.2) is 52.6 Å². The number of hydrogen-bond acceptors (Lipinski definition) is 6. The molecule has 8 heteroatoms. The number of amides is 2. The summed E-state index contributed by atoms with van der Waals surface area (Å²) in [5.74, 6) is 1.86. The molecule has 156 valence electrons.